The molecule has 0 aromatic heterocycles. The van der Waals surface area contributed by atoms with E-state index in [1.54, 1.807) is 0 Å². The van der Waals surface area contributed by atoms with Crippen molar-refractivity contribution in [2.45, 2.75) is 13.8 Å². The summed E-state index contributed by atoms with van der Waals surface area (Å²) in [6, 6.07) is 10.9. The number of hydrogen-bond donors (Lipinski definition) is 0. The van der Waals surface area contributed by atoms with Crippen molar-refractivity contribution in [2.75, 3.05) is 0 Å². The van der Waals surface area contributed by atoms with Crippen molar-refractivity contribution >= 4 is 33.4 Å². The zero-order chi connectivity index (χ0) is 9.42. The summed E-state index contributed by atoms with van der Waals surface area (Å²) in [7, 11) is 0. The quantitative estimate of drug-likeness (QED) is 0.639. The van der Waals surface area contributed by atoms with Crippen LogP contribution in [0.15, 0.2) is 30.3 Å². The van der Waals surface area contributed by atoms with E-state index in [4.69, 9.17) is 0 Å². The fraction of sp³-hybridized carbons (Fsp3) is 0.167. The Kier molecular flexibility index (Phi) is 2.28. The summed E-state index contributed by atoms with van der Waals surface area (Å²) in [5.41, 5.74) is 2.71. The van der Waals surface area contributed by atoms with E-state index in [9.17, 15) is 0 Å². The molecule has 0 atom stereocenters. The van der Waals surface area contributed by atoms with Crippen molar-refractivity contribution < 1.29 is 0 Å². The normalized spacial score (nSPS) is 10.7. The third-order valence-electron chi connectivity index (χ3n) is 2.27. The summed E-state index contributed by atoms with van der Waals surface area (Å²) in [6.45, 7) is 4.32. The Labute approximate surface area is 92.1 Å². The van der Waals surface area contributed by atoms with Gasteiger partial charge in [0.15, 0.2) is 0 Å². The van der Waals surface area contributed by atoms with E-state index in [0.717, 1.165) is 0 Å². The number of benzene rings is 2. The summed E-state index contributed by atoms with van der Waals surface area (Å²) in [4.78, 5) is 0. The Hall–Kier alpha value is -0.570. The second-order valence-corrected chi connectivity index (χ2v) is 4.58. The van der Waals surface area contributed by atoms with Crippen molar-refractivity contribution in [3.8, 4) is 0 Å². The average Bonchev–Trinajstić information content (AvgIpc) is 2.02. The molecule has 0 nitrogen and oxygen atoms in total. The lowest BCUT2D eigenvalue weighted by Crippen LogP contribution is -1.84. The minimum Gasteiger partial charge on any atom is -0.0606 e. The molecule has 2 rings (SSSR count). The molecule has 13 heavy (non-hydrogen) atoms. The van der Waals surface area contributed by atoms with Crippen LogP contribution in [0.2, 0.25) is 0 Å². The highest BCUT2D eigenvalue weighted by atomic mass is 127. The molecular formula is C12H11I. The molecule has 0 aliphatic rings. The maximum absolute atomic E-state index is 2.40. The summed E-state index contributed by atoms with van der Waals surface area (Å²) >= 11 is 2.40. The molecule has 0 radical (unpaired) electrons. The van der Waals surface area contributed by atoms with Gasteiger partial charge in [0.1, 0.15) is 0 Å². The highest BCUT2D eigenvalue weighted by Gasteiger charge is 2.01. The van der Waals surface area contributed by atoms with E-state index in [2.05, 4.69) is 66.8 Å². The summed E-state index contributed by atoms with van der Waals surface area (Å²) in [5.74, 6) is 0. The molecule has 0 saturated carbocycles. The van der Waals surface area contributed by atoms with Gasteiger partial charge in [0.05, 0.1) is 0 Å². The molecular weight excluding hydrogens is 271 g/mol. The Balaban J connectivity index is 2.94. The number of halogens is 1. The molecule has 0 aliphatic carbocycles. The van der Waals surface area contributed by atoms with Gasteiger partial charge >= 0.3 is 0 Å². The summed E-state index contributed by atoms with van der Waals surface area (Å²) in [6.07, 6.45) is 0. The van der Waals surface area contributed by atoms with Crippen LogP contribution in [0.3, 0.4) is 0 Å². The zero-order valence-corrected chi connectivity index (χ0v) is 9.92. The second kappa shape index (κ2) is 3.29. The molecule has 66 valence electrons. The van der Waals surface area contributed by atoms with Crippen LogP contribution < -0.4 is 0 Å². The van der Waals surface area contributed by atoms with Crippen LogP contribution in [0, 0.1) is 17.4 Å². The lowest BCUT2D eigenvalue weighted by Gasteiger charge is -2.05. The molecule has 0 N–H and O–H groups in total. The topological polar surface area (TPSA) is 0 Å². The van der Waals surface area contributed by atoms with Gasteiger partial charge in [-0.2, -0.15) is 0 Å². The SMILES string of the molecule is Cc1cc(C)c2c(I)cccc2c1. The summed E-state index contributed by atoms with van der Waals surface area (Å²) in [5, 5.41) is 2.75. The molecule has 2 aromatic carbocycles. The van der Waals surface area contributed by atoms with E-state index in [0.29, 0.717) is 0 Å². The number of aryl methyl sites for hydroxylation is 2. The van der Waals surface area contributed by atoms with E-state index >= 15 is 0 Å². The molecule has 0 heterocycles. The number of rotatable bonds is 0. The molecule has 0 unspecified atom stereocenters. The Morgan fingerprint density at radius 3 is 2.62 bits per heavy atom. The van der Waals surface area contributed by atoms with Crippen molar-refractivity contribution in [2.24, 2.45) is 0 Å². The van der Waals surface area contributed by atoms with Crippen LogP contribution in [-0.4, -0.2) is 0 Å². The second-order valence-electron chi connectivity index (χ2n) is 3.42. The molecule has 0 saturated heterocycles. The molecule has 0 bridgehead atoms. The van der Waals surface area contributed by atoms with E-state index in [-0.39, 0.29) is 0 Å². The monoisotopic (exact) mass is 282 g/mol. The minimum atomic E-state index is 1.34. The molecule has 0 spiro atoms. The van der Waals surface area contributed by atoms with Crippen molar-refractivity contribution in [1.29, 1.82) is 0 Å². The van der Waals surface area contributed by atoms with Gasteiger partial charge in [0.2, 0.25) is 0 Å². The first kappa shape index (κ1) is 9.00. The van der Waals surface area contributed by atoms with Crippen molar-refractivity contribution in [3.05, 3.63) is 45.0 Å². The third kappa shape index (κ3) is 1.57. The molecule has 1 heteroatoms. The van der Waals surface area contributed by atoms with E-state index < -0.39 is 0 Å². The van der Waals surface area contributed by atoms with Gasteiger partial charge in [-0.15, -0.1) is 0 Å². The standard InChI is InChI=1S/C12H11I/c1-8-6-9(2)12-10(7-8)4-3-5-11(12)13/h3-7H,1-2H3. The number of fused-ring (bicyclic) bond motifs is 1. The van der Waals surface area contributed by atoms with Gasteiger partial charge < -0.3 is 0 Å². The van der Waals surface area contributed by atoms with Crippen molar-refractivity contribution in [1.82, 2.24) is 0 Å². The van der Waals surface area contributed by atoms with Crippen molar-refractivity contribution in [3.63, 3.8) is 0 Å². The maximum Gasteiger partial charge on any atom is 0.0211 e. The lowest BCUT2D eigenvalue weighted by molar-refractivity contribution is 1.42. The number of hydrogen-bond acceptors (Lipinski definition) is 0. The zero-order valence-electron chi connectivity index (χ0n) is 7.76. The summed E-state index contributed by atoms with van der Waals surface area (Å²) < 4.78 is 1.34. The predicted octanol–water partition coefficient (Wildman–Crippen LogP) is 4.06. The van der Waals surface area contributed by atoms with Gasteiger partial charge in [0.25, 0.3) is 0 Å². The Morgan fingerprint density at radius 1 is 1.08 bits per heavy atom. The van der Waals surface area contributed by atoms with Gasteiger partial charge in [-0.05, 0) is 58.8 Å². The van der Waals surface area contributed by atoms with Gasteiger partial charge in [-0.1, -0.05) is 29.8 Å². The maximum atomic E-state index is 2.40. The molecule has 0 amide bonds. The van der Waals surface area contributed by atoms with Gasteiger partial charge in [-0.3, -0.25) is 0 Å². The minimum absolute atomic E-state index is 1.34. The Bertz CT molecular complexity index is 458. The van der Waals surface area contributed by atoms with Crippen LogP contribution in [-0.2, 0) is 0 Å². The van der Waals surface area contributed by atoms with Crippen LogP contribution in [0.5, 0.6) is 0 Å². The van der Waals surface area contributed by atoms with Gasteiger partial charge in [-0.25, -0.2) is 0 Å². The molecule has 2 aromatic rings. The third-order valence-corrected chi connectivity index (χ3v) is 3.17. The van der Waals surface area contributed by atoms with Crippen LogP contribution in [0.1, 0.15) is 11.1 Å². The fourth-order valence-electron chi connectivity index (χ4n) is 1.78. The average molecular weight is 282 g/mol. The highest BCUT2D eigenvalue weighted by molar-refractivity contribution is 14.1. The van der Waals surface area contributed by atoms with Crippen LogP contribution in [0.4, 0.5) is 0 Å². The highest BCUT2D eigenvalue weighted by Crippen LogP contribution is 2.25. The van der Waals surface area contributed by atoms with E-state index in [1.165, 1.54) is 25.5 Å². The fourth-order valence-corrected chi connectivity index (χ4v) is 2.72. The van der Waals surface area contributed by atoms with Gasteiger partial charge in [0, 0.05) is 3.57 Å². The Morgan fingerprint density at radius 2 is 1.85 bits per heavy atom. The first-order chi connectivity index (χ1) is 6.18. The van der Waals surface area contributed by atoms with E-state index in [1.807, 2.05) is 0 Å². The predicted molar refractivity (Wildman–Crippen MR) is 66.1 cm³/mol. The van der Waals surface area contributed by atoms with Crippen LogP contribution >= 0.6 is 22.6 Å². The smallest absolute Gasteiger partial charge is 0.0211 e. The lowest BCUT2D eigenvalue weighted by atomic mass is 10.0. The van der Waals surface area contributed by atoms with Crippen LogP contribution in [0.25, 0.3) is 10.8 Å². The first-order valence-corrected chi connectivity index (χ1v) is 5.42. The molecule has 0 aliphatic heterocycles. The first-order valence-electron chi connectivity index (χ1n) is 4.34. The molecule has 0 fully saturated rings. The largest absolute Gasteiger partial charge is 0.0606 e.